The highest BCUT2D eigenvalue weighted by Crippen LogP contribution is 2.21. The molecule has 3 rings (SSSR count). The predicted octanol–water partition coefficient (Wildman–Crippen LogP) is 3.66. The van der Waals surface area contributed by atoms with Gasteiger partial charge in [0.25, 0.3) is 0 Å². The van der Waals surface area contributed by atoms with Crippen LogP contribution in [0.25, 0.3) is 11.1 Å². The predicted molar refractivity (Wildman–Crippen MR) is 110 cm³/mol. The van der Waals surface area contributed by atoms with E-state index in [0.717, 1.165) is 29.8 Å². The number of carbonyl (C=O) groups excluding carboxylic acids is 1. The van der Waals surface area contributed by atoms with E-state index in [9.17, 15) is 9.90 Å². The first-order valence-corrected chi connectivity index (χ1v) is 9.70. The van der Waals surface area contributed by atoms with Crippen molar-refractivity contribution in [3.8, 4) is 11.1 Å². The normalized spacial score (nSPS) is 18.9. The minimum absolute atomic E-state index is 0.0578. The Kier molecular flexibility index (Phi) is 6.48. The molecule has 0 aromatic heterocycles. The third-order valence-electron chi connectivity index (χ3n) is 5.11. The van der Waals surface area contributed by atoms with E-state index in [1.54, 1.807) is 0 Å². The summed E-state index contributed by atoms with van der Waals surface area (Å²) in [6, 6.07) is 18.4. The second-order valence-electron chi connectivity index (χ2n) is 7.23. The van der Waals surface area contributed by atoms with E-state index in [-0.39, 0.29) is 12.1 Å². The van der Waals surface area contributed by atoms with Gasteiger partial charge in [0.05, 0.1) is 6.10 Å². The Labute approximate surface area is 161 Å². The summed E-state index contributed by atoms with van der Waals surface area (Å²) in [5.41, 5.74) is 3.10. The zero-order chi connectivity index (χ0) is 19.2. The van der Waals surface area contributed by atoms with Gasteiger partial charge in [-0.3, -0.25) is 4.90 Å². The number of hydrogen-bond acceptors (Lipinski definition) is 3. The molecule has 1 aliphatic heterocycles. The zero-order valence-corrected chi connectivity index (χ0v) is 16.1. The van der Waals surface area contributed by atoms with E-state index in [2.05, 4.69) is 29.3 Å². The van der Waals surface area contributed by atoms with Crippen molar-refractivity contribution < 1.29 is 9.90 Å². The maximum atomic E-state index is 12.7. The highest BCUT2D eigenvalue weighted by atomic mass is 16.3. The number of anilines is 1. The standard InChI is InChI=1S/C22H29N3O2/c1-3-21-16-25(14-13-24(21)15-17(2)26)22(27)23-20-11-9-19(10-12-20)18-7-5-4-6-8-18/h4-12,17,21,26H,3,13-16H2,1-2H3,(H,23,27)/t17-,21+/m0/s1. The first kappa shape index (κ1) is 19.4. The van der Waals surface area contributed by atoms with Gasteiger partial charge in [-0.15, -0.1) is 0 Å². The number of rotatable bonds is 5. The quantitative estimate of drug-likeness (QED) is 0.848. The van der Waals surface area contributed by atoms with Crippen LogP contribution < -0.4 is 5.32 Å². The lowest BCUT2D eigenvalue weighted by Crippen LogP contribution is -2.56. The summed E-state index contributed by atoms with van der Waals surface area (Å²) in [5.74, 6) is 0. The number of urea groups is 1. The number of piperazine rings is 1. The lowest BCUT2D eigenvalue weighted by atomic mass is 10.1. The molecule has 2 atom stereocenters. The van der Waals surface area contributed by atoms with Gasteiger partial charge >= 0.3 is 6.03 Å². The first-order chi connectivity index (χ1) is 13.1. The molecule has 0 radical (unpaired) electrons. The molecule has 0 unspecified atom stereocenters. The van der Waals surface area contributed by atoms with Crippen LogP contribution in [0.4, 0.5) is 10.5 Å². The summed E-state index contributed by atoms with van der Waals surface area (Å²) in [4.78, 5) is 16.8. The molecule has 2 aromatic rings. The maximum Gasteiger partial charge on any atom is 0.321 e. The molecule has 1 heterocycles. The molecular formula is C22H29N3O2. The number of aliphatic hydroxyl groups is 1. The molecule has 0 bridgehead atoms. The highest BCUT2D eigenvalue weighted by molar-refractivity contribution is 5.89. The number of hydrogen-bond donors (Lipinski definition) is 2. The van der Waals surface area contributed by atoms with Crippen molar-refractivity contribution in [3.05, 3.63) is 54.6 Å². The fraction of sp³-hybridized carbons (Fsp3) is 0.409. The van der Waals surface area contributed by atoms with Crippen LogP contribution >= 0.6 is 0 Å². The molecule has 1 aliphatic rings. The van der Waals surface area contributed by atoms with Gasteiger partial charge in [0, 0.05) is 37.9 Å². The van der Waals surface area contributed by atoms with Gasteiger partial charge in [0.15, 0.2) is 0 Å². The van der Waals surface area contributed by atoms with Gasteiger partial charge in [-0.2, -0.15) is 0 Å². The van der Waals surface area contributed by atoms with Crippen molar-refractivity contribution >= 4 is 11.7 Å². The Morgan fingerprint density at radius 2 is 1.78 bits per heavy atom. The second-order valence-corrected chi connectivity index (χ2v) is 7.23. The Morgan fingerprint density at radius 3 is 2.41 bits per heavy atom. The van der Waals surface area contributed by atoms with E-state index in [1.807, 2.05) is 54.3 Å². The van der Waals surface area contributed by atoms with Crippen molar-refractivity contribution in [1.29, 1.82) is 0 Å². The largest absolute Gasteiger partial charge is 0.392 e. The molecular weight excluding hydrogens is 338 g/mol. The van der Waals surface area contributed by atoms with Crippen molar-refractivity contribution in [2.75, 3.05) is 31.5 Å². The van der Waals surface area contributed by atoms with Gasteiger partial charge < -0.3 is 15.3 Å². The Morgan fingerprint density at radius 1 is 1.11 bits per heavy atom. The number of benzene rings is 2. The smallest absolute Gasteiger partial charge is 0.321 e. The van der Waals surface area contributed by atoms with E-state index >= 15 is 0 Å². The molecule has 0 spiro atoms. The van der Waals surface area contributed by atoms with Crippen LogP contribution in [-0.2, 0) is 0 Å². The number of carbonyl (C=O) groups is 1. The van der Waals surface area contributed by atoms with Gasteiger partial charge in [-0.25, -0.2) is 4.79 Å². The van der Waals surface area contributed by atoms with Crippen LogP contribution in [0.1, 0.15) is 20.3 Å². The lowest BCUT2D eigenvalue weighted by molar-refractivity contribution is 0.0507. The summed E-state index contributed by atoms with van der Waals surface area (Å²) in [5, 5.41) is 12.7. The SMILES string of the molecule is CC[C@@H]1CN(C(=O)Nc2ccc(-c3ccccc3)cc2)CCN1C[C@H](C)O. The number of nitrogens with one attached hydrogen (secondary N) is 1. The summed E-state index contributed by atoms with van der Waals surface area (Å²) in [6.45, 7) is 6.77. The average molecular weight is 367 g/mol. The summed E-state index contributed by atoms with van der Waals surface area (Å²) in [6.07, 6.45) is 0.616. The summed E-state index contributed by atoms with van der Waals surface area (Å²) in [7, 11) is 0. The van der Waals surface area contributed by atoms with Crippen LogP contribution in [0.3, 0.4) is 0 Å². The Hall–Kier alpha value is -2.37. The van der Waals surface area contributed by atoms with Crippen LogP contribution in [-0.4, -0.2) is 59.3 Å². The van der Waals surface area contributed by atoms with Gasteiger partial charge in [0.1, 0.15) is 0 Å². The van der Waals surface area contributed by atoms with E-state index in [0.29, 0.717) is 25.7 Å². The fourth-order valence-electron chi connectivity index (χ4n) is 3.62. The number of amides is 2. The van der Waals surface area contributed by atoms with E-state index in [4.69, 9.17) is 0 Å². The second kappa shape index (κ2) is 9.02. The van der Waals surface area contributed by atoms with Crippen molar-refractivity contribution in [2.24, 2.45) is 0 Å². The van der Waals surface area contributed by atoms with Crippen LogP contribution in [0.15, 0.2) is 54.6 Å². The van der Waals surface area contributed by atoms with Crippen LogP contribution in [0.2, 0.25) is 0 Å². The van der Waals surface area contributed by atoms with Crippen molar-refractivity contribution in [1.82, 2.24) is 9.80 Å². The number of nitrogens with zero attached hydrogens (tertiary/aromatic N) is 2. The highest BCUT2D eigenvalue weighted by Gasteiger charge is 2.28. The molecule has 144 valence electrons. The van der Waals surface area contributed by atoms with Crippen molar-refractivity contribution in [3.63, 3.8) is 0 Å². The Balaban J connectivity index is 1.59. The number of β-amino-alcohol motifs (C(OH)–C–C–N with tert-alkyl or cyclic N) is 1. The molecule has 1 fully saturated rings. The van der Waals surface area contributed by atoms with Gasteiger partial charge in [-0.1, -0.05) is 49.4 Å². The topological polar surface area (TPSA) is 55.8 Å². The van der Waals surface area contributed by atoms with Gasteiger partial charge in [-0.05, 0) is 36.6 Å². The van der Waals surface area contributed by atoms with E-state index in [1.165, 1.54) is 0 Å². The minimum atomic E-state index is -0.345. The summed E-state index contributed by atoms with van der Waals surface area (Å²) >= 11 is 0. The fourth-order valence-corrected chi connectivity index (χ4v) is 3.62. The third-order valence-corrected chi connectivity index (χ3v) is 5.11. The average Bonchev–Trinajstić information content (AvgIpc) is 2.69. The van der Waals surface area contributed by atoms with E-state index < -0.39 is 0 Å². The molecule has 2 aromatic carbocycles. The molecule has 27 heavy (non-hydrogen) atoms. The van der Waals surface area contributed by atoms with Crippen molar-refractivity contribution in [2.45, 2.75) is 32.4 Å². The summed E-state index contributed by atoms with van der Waals surface area (Å²) < 4.78 is 0. The molecule has 5 nitrogen and oxygen atoms in total. The monoisotopic (exact) mass is 367 g/mol. The minimum Gasteiger partial charge on any atom is -0.392 e. The molecule has 2 amide bonds. The van der Waals surface area contributed by atoms with Crippen LogP contribution in [0.5, 0.6) is 0 Å². The molecule has 5 heteroatoms. The third kappa shape index (κ3) is 5.08. The molecule has 0 saturated carbocycles. The molecule has 2 N–H and O–H groups in total. The Bertz CT molecular complexity index is 731. The zero-order valence-electron chi connectivity index (χ0n) is 16.1. The maximum absolute atomic E-state index is 12.7. The lowest BCUT2D eigenvalue weighted by Gasteiger charge is -2.41. The van der Waals surface area contributed by atoms with Gasteiger partial charge in [0.2, 0.25) is 0 Å². The first-order valence-electron chi connectivity index (χ1n) is 9.70. The van der Waals surface area contributed by atoms with Crippen LogP contribution in [0, 0.1) is 0 Å². The molecule has 0 aliphatic carbocycles. The molecule has 1 saturated heterocycles. The number of aliphatic hydroxyl groups excluding tert-OH is 1.